The highest BCUT2D eigenvalue weighted by molar-refractivity contribution is 6.35. The lowest BCUT2D eigenvalue weighted by Gasteiger charge is -2.29. The quantitative estimate of drug-likeness (QED) is 0.638. The zero-order valence-corrected chi connectivity index (χ0v) is 18.2. The van der Waals surface area contributed by atoms with E-state index in [0.29, 0.717) is 23.8 Å². The Morgan fingerprint density at radius 1 is 1.00 bits per heavy atom. The van der Waals surface area contributed by atoms with Crippen molar-refractivity contribution in [3.63, 3.8) is 0 Å². The van der Waals surface area contributed by atoms with Crippen molar-refractivity contribution in [2.24, 2.45) is 5.92 Å². The first-order valence-corrected chi connectivity index (χ1v) is 11.0. The fourth-order valence-electron chi connectivity index (χ4n) is 4.03. The normalized spacial score (nSPS) is 17.1. The van der Waals surface area contributed by atoms with Gasteiger partial charge in [-0.05, 0) is 54.5 Å². The smallest absolute Gasteiger partial charge is 0.278 e. The van der Waals surface area contributed by atoms with E-state index >= 15 is 0 Å². The van der Waals surface area contributed by atoms with Gasteiger partial charge in [-0.2, -0.15) is 0 Å². The van der Waals surface area contributed by atoms with Crippen LogP contribution in [0, 0.1) is 5.92 Å². The number of aromatic nitrogens is 1. The summed E-state index contributed by atoms with van der Waals surface area (Å²) in [6.45, 7) is 6.66. The van der Waals surface area contributed by atoms with E-state index in [4.69, 9.17) is 4.74 Å². The molecule has 0 bridgehead atoms. The minimum Gasteiger partial charge on any atom is -0.493 e. The van der Waals surface area contributed by atoms with Gasteiger partial charge in [-0.1, -0.05) is 32.0 Å². The standard InChI is InChI=1S/C25H29N3O3/c1-18(2)17-31-21-10-8-20(9-11-21)22-23(27-13-4-3-5-14-27)25(30)28(24(22)29)16-19-7-6-12-26-15-19/h6-12,15,18H,3-5,13-14,16-17H2,1-2H3. The molecule has 3 heterocycles. The van der Waals surface area contributed by atoms with Crippen LogP contribution in [0.15, 0.2) is 54.5 Å². The van der Waals surface area contributed by atoms with E-state index in [2.05, 4.69) is 23.7 Å². The number of carbonyl (C=O) groups excluding carboxylic acids is 2. The zero-order valence-electron chi connectivity index (χ0n) is 18.2. The molecule has 0 unspecified atom stereocenters. The number of pyridine rings is 1. The van der Waals surface area contributed by atoms with E-state index in [1.807, 2.05) is 36.4 Å². The van der Waals surface area contributed by atoms with Crippen molar-refractivity contribution < 1.29 is 14.3 Å². The molecule has 0 spiro atoms. The summed E-state index contributed by atoms with van der Waals surface area (Å²) in [6, 6.07) is 11.2. The van der Waals surface area contributed by atoms with Gasteiger partial charge >= 0.3 is 0 Å². The molecule has 0 N–H and O–H groups in total. The second kappa shape index (κ2) is 9.33. The summed E-state index contributed by atoms with van der Waals surface area (Å²) in [7, 11) is 0. The van der Waals surface area contributed by atoms with E-state index in [1.54, 1.807) is 12.4 Å². The van der Waals surface area contributed by atoms with Gasteiger partial charge in [-0.25, -0.2) is 0 Å². The highest BCUT2D eigenvalue weighted by Gasteiger charge is 2.41. The fraction of sp³-hybridized carbons (Fsp3) is 0.400. The molecule has 0 radical (unpaired) electrons. The van der Waals surface area contributed by atoms with Crippen molar-refractivity contribution >= 4 is 17.4 Å². The maximum atomic E-state index is 13.4. The van der Waals surface area contributed by atoms with Gasteiger partial charge in [0.1, 0.15) is 11.4 Å². The molecule has 2 aromatic rings. The van der Waals surface area contributed by atoms with Gasteiger partial charge in [0.05, 0.1) is 18.7 Å². The lowest BCUT2D eigenvalue weighted by atomic mass is 10.0. The van der Waals surface area contributed by atoms with Crippen LogP contribution in [0.5, 0.6) is 5.75 Å². The first-order chi connectivity index (χ1) is 15.0. The van der Waals surface area contributed by atoms with Crippen LogP contribution >= 0.6 is 0 Å². The van der Waals surface area contributed by atoms with Crippen LogP contribution in [0.2, 0.25) is 0 Å². The van der Waals surface area contributed by atoms with Gasteiger partial charge in [-0.15, -0.1) is 0 Å². The number of rotatable bonds is 7. The maximum Gasteiger partial charge on any atom is 0.278 e. The molecule has 1 saturated heterocycles. The Hall–Kier alpha value is -3.15. The molecule has 1 aromatic heterocycles. The van der Waals surface area contributed by atoms with Gasteiger partial charge in [0.15, 0.2) is 0 Å². The largest absolute Gasteiger partial charge is 0.493 e. The second-order valence-electron chi connectivity index (χ2n) is 8.56. The van der Waals surface area contributed by atoms with Crippen LogP contribution in [0.3, 0.4) is 0 Å². The number of ether oxygens (including phenoxy) is 1. The molecule has 6 heteroatoms. The van der Waals surface area contributed by atoms with Crippen LogP contribution in [-0.4, -0.2) is 46.3 Å². The third-order valence-electron chi connectivity index (χ3n) is 5.61. The van der Waals surface area contributed by atoms with Crippen molar-refractivity contribution in [2.45, 2.75) is 39.7 Å². The predicted molar refractivity (Wildman–Crippen MR) is 119 cm³/mol. The molecule has 6 nitrogen and oxygen atoms in total. The second-order valence-corrected chi connectivity index (χ2v) is 8.56. The predicted octanol–water partition coefficient (Wildman–Crippen LogP) is 3.88. The number of carbonyl (C=O) groups is 2. The van der Waals surface area contributed by atoms with Crippen molar-refractivity contribution in [1.29, 1.82) is 0 Å². The Kier molecular flexibility index (Phi) is 6.35. The molecular formula is C25H29N3O3. The average Bonchev–Trinajstić information content (AvgIpc) is 3.04. The number of hydrogen-bond acceptors (Lipinski definition) is 5. The van der Waals surface area contributed by atoms with Gasteiger partial charge in [0.25, 0.3) is 11.8 Å². The third kappa shape index (κ3) is 4.63. The molecule has 0 atom stereocenters. The van der Waals surface area contributed by atoms with Crippen LogP contribution < -0.4 is 4.74 Å². The average molecular weight is 420 g/mol. The molecule has 0 aliphatic carbocycles. The summed E-state index contributed by atoms with van der Waals surface area (Å²) in [4.78, 5) is 34.4. The minimum absolute atomic E-state index is 0.217. The van der Waals surface area contributed by atoms with Crippen molar-refractivity contribution in [1.82, 2.24) is 14.8 Å². The SMILES string of the molecule is CC(C)COc1ccc(C2=C(N3CCCCC3)C(=O)N(Cc3cccnc3)C2=O)cc1. The van der Waals surface area contributed by atoms with E-state index in [1.165, 1.54) is 4.90 Å². The van der Waals surface area contributed by atoms with Crippen molar-refractivity contribution in [2.75, 3.05) is 19.7 Å². The van der Waals surface area contributed by atoms with Crippen LogP contribution in [0.1, 0.15) is 44.2 Å². The van der Waals surface area contributed by atoms with Gasteiger partial charge in [0, 0.05) is 25.5 Å². The lowest BCUT2D eigenvalue weighted by Crippen LogP contribution is -2.36. The summed E-state index contributed by atoms with van der Waals surface area (Å²) in [5.41, 5.74) is 2.61. The Bertz CT molecular complexity index is 961. The number of likely N-dealkylation sites (tertiary alicyclic amines) is 1. The van der Waals surface area contributed by atoms with E-state index in [9.17, 15) is 9.59 Å². The van der Waals surface area contributed by atoms with E-state index in [0.717, 1.165) is 49.2 Å². The van der Waals surface area contributed by atoms with Crippen molar-refractivity contribution in [3.8, 4) is 5.75 Å². The highest BCUT2D eigenvalue weighted by atomic mass is 16.5. The molecular weight excluding hydrogens is 390 g/mol. The first-order valence-electron chi connectivity index (χ1n) is 11.0. The topological polar surface area (TPSA) is 62.7 Å². The molecule has 0 saturated carbocycles. The van der Waals surface area contributed by atoms with Gasteiger partial charge < -0.3 is 9.64 Å². The summed E-state index contributed by atoms with van der Waals surface area (Å²) in [6.07, 6.45) is 6.59. The number of nitrogens with zero attached hydrogens (tertiary/aromatic N) is 3. The minimum atomic E-state index is -0.245. The third-order valence-corrected chi connectivity index (χ3v) is 5.61. The molecule has 2 aliphatic rings. The summed E-state index contributed by atoms with van der Waals surface area (Å²) in [5.74, 6) is 0.737. The van der Waals surface area contributed by atoms with Gasteiger partial charge in [-0.3, -0.25) is 19.5 Å². The lowest BCUT2D eigenvalue weighted by molar-refractivity contribution is -0.138. The zero-order chi connectivity index (χ0) is 21.8. The number of amides is 2. The first kappa shape index (κ1) is 21.1. The molecule has 1 aromatic carbocycles. The number of benzene rings is 1. The Morgan fingerprint density at radius 2 is 1.74 bits per heavy atom. The van der Waals surface area contributed by atoms with Crippen LogP contribution in [0.4, 0.5) is 0 Å². The monoisotopic (exact) mass is 419 g/mol. The Morgan fingerprint density at radius 3 is 2.39 bits per heavy atom. The summed E-state index contributed by atoms with van der Waals surface area (Å²) < 4.78 is 5.78. The number of hydrogen-bond donors (Lipinski definition) is 0. The van der Waals surface area contributed by atoms with Crippen molar-refractivity contribution in [3.05, 3.63) is 65.6 Å². The van der Waals surface area contributed by atoms with Gasteiger partial charge in [0.2, 0.25) is 0 Å². The summed E-state index contributed by atoms with van der Waals surface area (Å²) >= 11 is 0. The number of imide groups is 1. The van der Waals surface area contributed by atoms with E-state index < -0.39 is 0 Å². The number of piperidine rings is 1. The highest BCUT2D eigenvalue weighted by Crippen LogP contribution is 2.34. The molecule has 2 aliphatic heterocycles. The maximum absolute atomic E-state index is 13.4. The summed E-state index contributed by atoms with van der Waals surface area (Å²) in [5, 5.41) is 0. The fourth-order valence-corrected chi connectivity index (χ4v) is 4.03. The Labute approximate surface area is 183 Å². The van der Waals surface area contributed by atoms with Crippen LogP contribution in [0.25, 0.3) is 5.57 Å². The molecule has 1 fully saturated rings. The van der Waals surface area contributed by atoms with E-state index in [-0.39, 0.29) is 18.4 Å². The van der Waals surface area contributed by atoms with Crippen LogP contribution in [-0.2, 0) is 16.1 Å². The molecule has 162 valence electrons. The molecule has 31 heavy (non-hydrogen) atoms. The molecule has 2 amide bonds. The molecule has 4 rings (SSSR count). The Balaban J connectivity index is 1.65.